The van der Waals surface area contributed by atoms with Gasteiger partial charge in [0.15, 0.2) is 0 Å². The molecule has 2 heterocycles. The molecule has 2 aromatic heterocycles. The minimum Gasteiger partial charge on any atom is -0.342 e. The van der Waals surface area contributed by atoms with Crippen molar-refractivity contribution < 1.29 is 0 Å². The molecule has 1 aromatic carbocycles. The van der Waals surface area contributed by atoms with Gasteiger partial charge in [0, 0.05) is 33.8 Å². The van der Waals surface area contributed by atoms with E-state index in [0.29, 0.717) is 0 Å². The third-order valence-electron chi connectivity index (χ3n) is 3.05. The Labute approximate surface area is 107 Å². The lowest BCUT2D eigenvalue weighted by atomic mass is 10.2. The number of nitrogens with zero attached hydrogens (tertiary/aromatic N) is 2. The van der Waals surface area contributed by atoms with Gasteiger partial charge in [-0.1, -0.05) is 12.1 Å². The third kappa shape index (κ3) is 1.21. The molecule has 0 aliphatic heterocycles. The van der Waals surface area contributed by atoms with Gasteiger partial charge in [0.1, 0.15) is 0 Å². The summed E-state index contributed by atoms with van der Waals surface area (Å²) in [6.07, 6.45) is 3.88. The Kier molecular flexibility index (Phi) is 2.17. The summed E-state index contributed by atoms with van der Waals surface area (Å²) in [5, 5.41) is 2.54. The summed E-state index contributed by atoms with van der Waals surface area (Å²) in [7, 11) is 2.12. The van der Waals surface area contributed by atoms with Crippen LogP contribution >= 0.6 is 22.6 Å². The first kappa shape index (κ1) is 10.1. The van der Waals surface area contributed by atoms with Crippen molar-refractivity contribution in [2.45, 2.75) is 6.92 Å². The molecule has 80 valence electrons. The predicted molar refractivity (Wildman–Crippen MR) is 75.7 cm³/mol. The number of pyridine rings is 1. The largest absolute Gasteiger partial charge is 0.342 e. The summed E-state index contributed by atoms with van der Waals surface area (Å²) in [4.78, 5) is 4.29. The number of hydrogen-bond donors (Lipinski definition) is 0. The number of fused-ring (bicyclic) bond motifs is 3. The van der Waals surface area contributed by atoms with Gasteiger partial charge in [-0.25, -0.2) is 0 Å². The van der Waals surface area contributed by atoms with Crippen LogP contribution in [0.5, 0.6) is 0 Å². The van der Waals surface area contributed by atoms with Crippen molar-refractivity contribution in [3.63, 3.8) is 0 Å². The number of aromatic nitrogens is 2. The van der Waals surface area contributed by atoms with Crippen molar-refractivity contribution in [2.24, 2.45) is 7.05 Å². The van der Waals surface area contributed by atoms with Crippen LogP contribution in [0, 0.1) is 10.5 Å². The Morgan fingerprint density at radius 2 is 1.94 bits per heavy atom. The molecule has 0 aliphatic carbocycles. The van der Waals surface area contributed by atoms with Gasteiger partial charge in [-0.3, -0.25) is 4.98 Å². The molecule has 0 saturated carbocycles. The zero-order chi connectivity index (χ0) is 11.3. The van der Waals surface area contributed by atoms with Gasteiger partial charge in [0.25, 0.3) is 0 Å². The first-order valence-corrected chi connectivity index (χ1v) is 6.25. The Balaban J connectivity index is 2.70. The highest BCUT2D eigenvalue weighted by Gasteiger charge is 2.11. The number of benzene rings is 1. The van der Waals surface area contributed by atoms with Crippen molar-refractivity contribution in [1.29, 1.82) is 0 Å². The van der Waals surface area contributed by atoms with E-state index in [1.54, 1.807) is 0 Å². The minimum atomic E-state index is 1.23. The third-order valence-corrected chi connectivity index (χ3v) is 3.92. The van der Waals surface area contributed by atoms with Gasteiger partial charge in [-0.05, 0) is 41.1 Å². The molecule has 16 heavy (non-hydrogen) atoms. The Bertz CT molecular complexity index is 639. The van der Waals surface area contributed by atoms with E-state index in [4.69, 9.17) is 0 Å². The van der Waals surface area contributed by atoms with E-state index in [1.807, 2.05) is 12.4 Å². The van der Waals surface area contributed by atoms with Crippen molar-refractivity contribution in [3.05, 3.63) is 39.7 Å². The van der Waals surface area contributed by atoms with Crippen molar-refractivity contribution >= 4 is 44.4 Å². The van der Waals surface area contributed by atoms with E-state index in [-0.39, 0.29) is 0 Å². The molecule has 0 amide bonds. The van der Waals surface area contributed by atoms with E-state index in [0.717, 1.165) is 0 Å². The second-order valence-electron chi connectivity index (χ2n) is 4.05. The van der Waals surface area contributed by atoms with E-state index in [2.05, 4.69) is 64.3 Å². The molecule has 0 unspecified atom stereocenters. The number of rotatable bonds is 0. The zero-order valence-corrected chi connectivity index (χ0v) is 11.3. The summed E-state index contributed by atoms with van der Waals surface area (Å²) in [5.41, 5.74) is 3.82. The van der Waals surface area contributed by atoms with Crippen LogP contribution in [0.2, 0.25) is 0 Å². The van der Waals surface area contributed by atoms with Crippen LogP contribution in [0.3, 0.4) is 0 Å². The second kappa shape index (κ2) is 3.45. The number of aryl methyl sites for hydroxylation is 2. The maximum absolute atomic E-state index is 4.29. The van der Waals surface area contributed by atoms with Crippen LogP contribution in [0.25, 0.3) is 21.8 Å². The van der Waals surface area contributed by atoms with E-state index in [1.165, 1.54) is 30.9 Å². The van der Waals surface area contributed by atoms with Crippen LogP contribution in [-0.4, -0.2) is 9.55 Å². The molecule has 0 bridgehead atoms. The number of hydrogen-bond acceptors (Lipinski definition) is 1. The maximum atomic E-state index is 4.29. The lowest BCUT2D eigenvalue weighted by Gasteiger charge is -2.01. The fraction of sp³-hybridized carbons (Fsp3) is 0.154. The lowest BCUT2D eigenvalue weighted by molar-refractivity contribution is 1.00. The number of para-hydroxylation sites is 1. The Morgan fingerprint density at radius 3 is 2.75 bits per heavy atom. The highest BCUT2D eigenvalue weighted by molar-refractivity contribution is 14.1. The molecule has 0 fully saturated rings. The fourth-order valence-electron chi connectivity index (χ4n) is 2.39. The van der Waals surface area contributed by atoms with E-state index < -0.39 is 0 Å². The molecule has 3 rings (SSSR count). The average Bonchev–Trinajstić information content (AvgIpc) is 2.56. The zero-order valence-electron chi connectivity index (χ0n) is 9.16. The van der Waals surface area contributed by atoms with Crippen LogP contribution in [-0.2, 0) is 7.05 Å². The van der Waals surface area contributed by atoms with Gasteiger partial charge in [-0.2, -0.15) is 0 Å². The van der Waals surface area contributed by atoms with Crippen molar-refractivity contribution in [2.75, 3.05) is 0 Å². The molecule has 0 spiro atoms. The molecule has 0 aliphatic rings. The fourth-order valence-corrected chi connectivity index (χ4v) is 3.25. The first-order valence-electron chi connectivity index (χ1n) is 5.17. The van der Waals surface area contributed by atoms with Crippen molar-refractivity contribution in [1.82, 2.24) is 9.55 Å². The monoisotopic (exact) mass is 322 g/mol. The Hall–Kier alpha value is -1.10. The quantitative estimate of drug-likeness (QED) is 0.578. The SMILES string of the molecule is Cc1cncc2c3cccc(I)c3n(C)c12. The lowest BCUT2D eigenvalue weighted by Crippen LogP contribution is -1.91. The smallest absolute Gasteiger partial charge is 0.0625 e. The molecular weight excluding hydrogens is 311 g/mol. The second-order valence-corrected chi connectivity index (χ2v) is 5.21. The standard InChI is InChI=1S/C13H11IN2/c1-8-6-15-7-10-9-4-3-5-11(14)13(9)16(2)12(8)10/h3-7H,1-2H3. The summed E-state index contributed by atoms with van der Waals surface area (Å²) in [6.45, 7) is 2.11. The molecule has 0 N–H and O–H groups in total. The molecule has 0 saturated heterocycles. The highest BCUT2D eigenvalue weighted by Crippen LogP contribution is 2.31. The normalized spacial score (nSPS) is 11.4. The predicted octanol–water partition coefficient (Wildman–Crippen LogP) is 3.64. The highest BCUT2D eigenvalue weighted by atomic mass is 127. The number of halogens is 1. The molecule has 0 radical (unpaired) electrons. The molecule has 3 aromatic rings. The minimum absolute atomic E-state index is 1.23. The van der Waals surface area contributed by atoms with Gasteiger partial charge >= 0.3 is 0 Å². The molecule has 2 nitrogen and oxygen atoms in total. The summed E-state index contributed by atoms with van der Waals surface area (Å²) in [5.74, 6) is 0. The maximum Gasteiger partial charge on any atom is 0.0625 e. The molecular formula is C13H11IN2. The van der Waals surface area contributed by atoms with Gasteiger partial charge in [0.05, 0.1) is 11.0 Å². The first-order chi connectivity index (χ1) is 7.70. The van der Waals surface area contributed by atoms with E-state index >= 15 is 0 Å². The van der Waals surface area contributed by atoms with Crippen LogP contribution < -0.4 is 0 Å². The molecule has 0 atom stereocenters. The van der Waals surface area contributed by atoms with Crippen LogP contribution in [0.15, 0.2) is 30.6 Å². The summed E-state index contributed by atoms with van der Waals surface area (Å²) in [6, 6.07) is 6.41. The summed E-state index contributed by atoms with van der Waals surface area (Å²) >= 11 is 2.39. The molecule has 3 heteroatoms. The van der Waals surface area contributed by atoms with Gasteiger partial charge in [-0.15, -0.1) is 0 Å². The summed E-state index contributed by atoms with van der Waals surface area (Å²) < 4.78 is 3.55. The topological polar surface area (TPSA) is 17.8 Å². The Morgan fingerprint density at radius 1 is 1.12 bits per heavy atom. The van der Waals surface area contributed by atoms with E-state index in [9.17, 15) is 0 Å². The van der Waals surface area contributed by atoms with Crippen LogP contribution in [0.4, 0.5) is 0 Å². The van der Waals surface area contributed by atoms with Gasteiger partial charge in [0.2, 0.25) is 0 Å². The van der Waals surface area contributed by atoms with Crippen LogP contribution in [0.1, 0.15) is 5.56 Å². The van der Waals surface area contributed by atoms with Gasteiger partial charge < -0.3 is 4.57 Å². The van der Waals surface area contributed by atoms with Crippen molar-refractivity contribution in [3.8, 4) is 0 Å². The average molecular weight is 322 g/mol.